The van der Waals surface area contributed by atoms with Crippen LogP contribution in [0.2, 0.25) is 10.0 Å². The Hall–Kier alpha value is -0.410. The highest BCUT2D eigenvalue weighted by molar-refractivity contribution is 6.36. The molecular weight excluding hydrogens is 236 g/mol. The first-order chi connectivity index (χ1) is 6.36. The van der Waals surface area contributed by atoms with Gasteiger partial charge in [0, 0.05) is 0 Å². The average molecular weight is 242 g/mol. The van der Waals surface area contributed by atoms with Gasteiger partial charge in [0.05, 0.1) is 15.6 Å². The van der Waals surface area contributed by atoms with Crippen LogP contribution >= 0.6 is 23.2 Å². The van der Waals surface area contributed by atoms with Crippen molar-refractivity contribution in [3.05, 3.63) is 40.2 Å². The molecule has 0 amide bonds. The van der Waals surface area contributed by atoms with Crippen LogP contribution in [0.3, 0.4) is 0 Å². The molecule has 1 aromatic rings. The Labute approximate surface area is 89.6 Å². The molecule has 1 rings (SSSR count). The number of alkyl halides is 3. The summed E-state index contributed by atoms with van der Waals surface area (Å²) in [6, 6.07) is 2.45. The number of halogens is 5. The molecule has 0 spiro atoms. The number of rotatable bonds is 1. The van der Waals surface area contributed by atoms with Crippen molar-refractivity contribution >= 4 is 23.2 Å². The van der Waals surface area contributed by atoms with E-state index in [1.165, 1.54) is 12.1 Å². The lowest BCUT2D eigenvalue weighted by Gasteiger charge is -2.12. The third kappa shape index (κ3) is 2.34. The van der Waals surface area contributed by atoms with Crippen molar-refractivity contribution in [2.45, 2.75) is 12.6 Å². The lowest BCUT2D eigenvalue weighted by molar-refractivity contribution is -0.137. The van der Waals surface area contributed by atoms with E-state index in [-0.39, 0.29) is 10.0 Å². The molecule has 77 valence electrons. The Kier molecular flexibility index (Phi) is 3.32. The van der Waals surface area contributed by atoms with Crippen LogP contribution in [0.1, 0.15) is 11.1 Å². The molecular formula is C9H6Cl2F3. The molecule has 0 aliphatic carbocycles. The highest BCUT2D eigenvalue weighted by Gasteiger charge is 2.35. The molecule has 14 heavy (non-hydrogen) atoms. The van der Waals surface area contributed by atoms with E-state index in [0.717, 1.165) is 0 Å². The fourth-order valence-electron chi connectivity index (χ4n) is 1.04. The molecule has 0 aliphatic heterocycles. The van der Waals surface area contributed by atoms with Gasteiger partial charge in [-0.3, -0.25) is 0 Å². The maximum atomic E-state index is 12.4. The van der Waals surface area contributed by atoms with E-state index < -0.39 is 11.7 Å². The molecule has 0 N–H and O–H groups in total. The van der Waals surface area contributed by atoms with Crippen LogP contribution < -0.4 is 0 Å². The van der Waals surface area contributed by atoms with Crippen molar-refractivity contribution in [3.8, 4) is 0 Å². The normalized spacial score (nSPS) is 11.9. The molecule has 1 aromatic carbocycles. The molecule has 0 aliphatic rings. The van der Waals surface area contributed by atoms with Gasteiger partial charge in [-0.1, -0.05) is 23.2 Å². The first kappa shape index (κ1) is 11.7. The Morgan fingerprint density at radius 1 is 1.14 bits per heavy atom. The lowest BCUT2D eigenvalue weighted by atomic mass is 10.1. The van der Waals surface area contributed by atoms with Gasteiger partial charge < -0.3 is 0 Å². The van der Waals surface area contributed by atoms with E-state index in [4.69, 9.17) is 23.2 Å². The molecule has 0 atom stereocenters. The summed E-state index contributed by atoms with van der Waals surface area (Å²) < 4.78 is 37.1. The lowest BCUT2D eigenvalue weighted by Crippen LogP contribution is -2.07. The van der Waals surface area contributed by atoms with Crippen molar-refractivity contribution < 1.29 is 13.2 Å². The van der Waals surface area contributed by atoms with Crippen molar-refractivity contribution in [2.75, 3.05) is 0 Å². The monoisotopic (exact) mass is 241 g/mol. The van der Waals surface area contributed by atoms with Gasteiger partial charge in [0.25, 0.3) is 0 Å². The van der Waals surface area contributed by atoms with Crippen LogP contribution in [0.25, 0.3) is 0 Å². The summed E-state index contributed by atoms with van der Waals surface area (Å²) in [4.78, 5) is 0. The highest BCUT2D eigenvalue weighted by atomic mass is 35.5. The third-order valence-corrected chi connectivity index (χ3v) is 2.27. The first-order valence-electron chi connectivity index (χ1n) is 3.70. The summed E-state index contributed by atoms with van der Waals surface area (Å²) in [7, 11) is 0. The summed E-state index contributed by atoms with van der Waals surface area (Å²) in [5.41, 5.74) is -0.411. The SMILES string of the molecule is [CH2]Cc1cc(Cl)c(C(F)(F)F)c(Cl)c1. The molecule has 5 heteroatoms. The summed E-state index contributed by atoms with van der Waals surface area (Å²) in [6.07, 6.45) is -4.18. The quantitative estimate of drug-likeness (QED) is 0.685. The van der Waals surface area contributed by atoms with Crippen molar-refractivity contribution in [1.29, 1.82) is 0 Å². The van der Waals surface area contributed by atoms with E-state index in [1.807, 2.05) is 0 Å². The Balaban J connectivity index is 3.33. The molecule has 0 fully saturated rings. The van der Waals surface area contributed by atoms with Gasteiger partial charge in [0.15, 0.2) is 0 Å². The second-order valence-electron chi connectivity index (χ2n) is 2.68. The molecule has 0 bridgehead atoms. The van der Waals surface area contributed by atoms with E-state index >= 15 is 0 Å². The summed E-state index contributed by atoms with van der Waals surface area (Å²) in [5.74, 6) is 0. The maximum Gasteiger partial charge on any atom is 0.419 e. The topological polar surface area (TPSA) is 0 Å². The Morgan fingerprint density at radius 3 is 1.86 bits per heavy atom. The van der Waals surface area contributed by atoms with Gasteiger partial charge in [-0.15, -0.1) is 0 Å². The Morgan fingerprint density at radius 2 is 1.57 bits per heavy atom. The number of hydrogen-bond acceptors (Lipinski definition) is 0. The number of hydrogen-bond donors (Lipinski definition) is 0. The predicted octanol–water partition coefficient (Wildman–Crippen LogP) is 4.39. The van der Waals surface area contributed by atoms with Crippen LogP contribution in [0, 0.1) is 6.92 Å². The third-order valence-electron chi connectivity index (χ3n) is 1.67. The fraction of sp³-hybridized carbons (Fsp3) is 0.222. The molecule has 0 saturated carbocycles. The van der Waals surface area contributed by atoms with Crippen LogP contribution in [-0.2, 0) is 12.6 Å². The zero-order chi connectivity index (χ0) is 10.9. The summed E-state index contributed by atoms with van der Waals surface area (Å²) in [6.45, 7) is 3.53. The van der Waals surface area contributed by atoms with Crippen LogP contribution in [0.4, 0.5) is 13.2 Å². The van der Waals surface area contributed by atoms with E-state index in [0.29, 0.717) is 12.0 Å². The van der Waals surface area contributed by atoms with Crippen LogP contribution in [0.15, 0.2) is 12.1 Å². The minimum atomic E-state index is -4.52. The fourth-order valence-corrected chi connectivity index (χ4v) is 1.79. The van der Waals surface area contributed by atoms with E-state index in [9.17, 15) is 13.2 Å². The van der Waals surface area contributed by atoms with Crippen molar-refractivity contribution in [3.63, 3.8) is 0 Å². The first-order valence-corrected chi connectivity index (χ1v) is 4.46. The Bertz CT molecular complexity index is 321. The van der Waals surface area contributed by atoms with Gasteiger partial charge in [0.1, 0.15) is 0 Å². The van der Waals surface area contributed by atoms with Gasteiger partial charge in [-0.05, 0) is 31.0 Å². The van der Waals surface area contributed by atoms with E-state index in [1.54, 1.807) is 0 Å². The molecule has 0 saturated heterocycles. The molecule has 0 aromatic heterocycles. The molecule has 0 nitrogen and oxygen atoms in total. The predicted molar refractivity (Wildman–Crippen MR) is 50.5 cm³/mol. The minimum absolute atomic E-state index is 0.345. The van der Waals surface area contributed by atoms with Gasteiger partial charge in [-0.2, -0.15) is 13.2 Å². The van der Waals surface area contributed by atoms with Crippen LogP contribution in [0.5, 0.6) is 0 Å². The zero-order valence-corrected chi connectivity index (χ0v) is 8.47. The number of benzene rings is 1. The maximum absolute atomic E-state index is 12.4. The summed E-state index contributed by atoms with van der Waals surface area (Å²) >= 11 is 10.9. The standard InChI is InChI=1S/C9H6Cl2F3/c1-2-5-3-6(10)8(7(11)4-5)9(12,13)14/h3-4H,1-2H2. The second kappa shape index (κ2) is 3.99. The minimum Gasteiger partial charge on any atom is -0.166 e. The van der Waals surface area contributed by atoms with E-state index in [2.05, 4.69) is 6.92 Å². The molecule has 1 radical (unpaired) electrons. The molecule has 0 unspecified atom stereocenters. The smallest absolute Gasteiger partial charge is 0.166 e. The van der Waals surface area contributed by atoms with Gasteiger partial charge in [0.2, 0.25) is 0 Å². The van der Waals surface area contributed by atoms with Gasteiger partial charge in [-0.25, -0.2) is 0 Å². The van der Waals surface area contributed by atoms with Crippen molar-refractivity contribution in [2.24, 2.45) is 0 Å². The largest absolute Gasteiger partial charge is 0.419 e. The highest BCUT2D eigenvalue weighted by Crippen LogP contribution is 2.40. The zero-order valence-electron chi connectivity index (χ0n) is 6.96. The van der Waals surface area contributed by atoms with Gasteiger partial charge >= 0.3 is 6.18 Å². The summed E-state index contributed by atoms with van der Waals surface area (Å²) in [5, 5.41) is -0.771. The molecule has 0 heterocycles. The van der Waals surface area contributed by atoms with Crippen molar-refractivity contribution in [1.82, 2.24) is 0 Å². The second-order valence-corrected chi connectivity index (χ2v) is 3.50. The van der Waals surface area contributed by atoms with Crippen LogP contribution in [-0.4, -0.2) is 0 Å². The average Bonchev–Trinajstić information content (AvgIpc) is 1.99.